The number of hydrogen-bond donors (Lipinski definition) is 0. The van der Waals surface area contributed by atoms with E-state index in [4.69, 9.17) is 18.6 Å². The highest BCUT2D eigenvalue weighted by molar-refractivity contribution is 5.95. The fraction of sp³-hybridized carbons (Fsp3) is 0.346. The van der Waals surface area contributed by atoms with E-state index in [1.165, 1.54) is 25.9 Å². The van der Waals surface area contributed by atoms with E-state index in [0.29, 0.717) is 41.7 Å². The molecule has 0 bridgehead atoms. The molecule has 0 fully saturated rings. The summed E-state index contributed by atoms with van der Waals surface area (Å²) in [6.45, 7) is 3.76. The molecule has 8 nitrogen and oxygen atoms in total. The van der Waals surface area contributed by atoms with E-state index in [0.717, 1.165) is 27.8 Å². The summed E-state index contributed by atoms with van der Waals surface area (Å²) in [6.07, 6.45) is 3.57. The van der Waals surface area contributed by atoms with E-state index in [1.807, 2.05) is 38.1 Å². The van der Waals surface area contributed by atoms with Crippen molar-refractivity contribution in [2.24, 2.45) is 7.05 Å². The van der Waals surface area contributed by atoms with Crippen LogP contribution in [0.3, 0.4) is 0 Å². The highest BCUT2D eigenvalue weighted by Crippen LogP contribution is 2.36. The lowest BCUT2D eigenvalue weighted by molar-refractivity contribution is -0.140. The van der Waals surface area contributed by atoms with Crippen molar-refractivity contribution in [3.05, 3.63) is 68.7 Å². The van der Waals surface area contributed by atoms with Gasteiger partial charge in [-0.15, -0.1) is 0 Å². The van der Waals surface area contributed by atoms with Gasteiger partial charge in [-0.3, -0.25) is 9.36 Å². The molecule has 3 rings (SSSR count). The van der Waals surface area contributed by atoms with Gasteiger partial charge in [0.05, 0.1) is 26.8 Å². The smallest absolute Gasteiger partial charge is 0.419 e. The van der Waals surface area contributed by atoms with Crippen molar-refractivity contribution in [3.8, 4) is 5.75 Å². The number of aryl methyl sites for hydroxylation is 2. The SMILES string of the molecule is COC(=O)CCC/C=C(\c1cc(C)c2oc(=O)n(C)c2c1)c1ccc(C(=O)OC)c(OC)c1C. The fourth-order valence-corrected chi connectivity index (χ4v) is 4.04. The number of unbranched alkanes of at least 4 members (excludes halogenated alkanes) is 1. The monoisotopic (exact) mass is 467 g/mol. The van der Waals surface area contributed by atoms with Gasteiger partial charge in [-0.2, -0.15) is 0 Å². The summed E-state index contributed by atoms with van der Waals surface area (Å²) in [5.41, 5.74) is 5.75. The first-order valence-corrected chi connectivity index (χ1v) is 10.9. The van der Waals surface area contributed by atoms with Crippen molar-refractivity contribution in [2.75, 3.05) is 21.3 Å². The van der Waals surface area contributed by atoms with Gasteiger partial charge in [-0.25, -0.2) is 9.59 Å². The van der Waals surface area contributed by atoms with Crippen LogP contribution in [0.15, 0.2) is 39.6 Å². The minimum Gasteiger partial charge on any atom is -0.496 e. The van der Waals surface area contributed by atoms with Crippen LogP contribution in [0.25, 0.3) is 16.7 Å². The quantitative estimate of drug-likeness (QED) is 0.359. The second-order valence-electron chi connectivity index (χ2n) is 7.97. The van der Waals surface area contributed by atoms with Crippen molar-refractivity contribution < 1.29 is 28.2 Å². The number of benzene rings is 2. The molecular formula is C26H29NO7. The summed E-state index contributed by atoms with van der Waals surface area (Å²) in [4.78, 5) is 35.9. The van der Waals surface area contributed by atoms with E-state index < -0.39 is 11.7 Å². The zero-order chi connectivity index (χ0) is 25.0. The van der Waals surface area contributed by atoms with E-state index in [1.54, 1.807) is 13.1 Å². The van der Waals surface area contributed by atoms with Gasteiger partial charge in [0.2, 0.25) is 0 Å². The molecule has 0 aliphatic heterocycles. The van der Waals surface area contributed by atoms with Crippen molar-refractivity contribution in [1.82, 2.24) is 4.57 Å². The van der Waals surface area contributed by atoms with Crippen LogP contribution in [-0.2, 0) is 21.3 Å². The largest absolute Gasteiger partial charge is 0.496 e. The number of aromatic nitrogens is 1. The molecule has 0 saturated heterocycles. The van der Waals surface area contributed by atoms with Crippen LogP contribution in [0.5, 0.6) is 5.75 Å². The standard InChI is InChI=1S/C26H29NO7/c1-15-13-17(14-21-23(15)34-26(30)27(21)3)19(9-7-8-10-22(28)31-4)18-11-12-20(25(29)33-6)24(32-5)16(18)2/h9,11-14H,7-8,10H2,1-6H3/b19-9+. The van der Waals surface area contributed by atoms with Crippen LogP contribution in [0, 0.1) is 13.8 Å². The Morgan fingerprint density at radius 1 is 1.06 bits per heavy atom. The zero-order valence-electron chi connectivity index (χ0n) is 20.3. The molecular weight excluding hydrogens is 438 g/mol. The second-order valence-corrected chi connectivity index (χ2v) is 7.97. The molecule has 3 aromatic rings. The number of carbonyl (C=O) groups is 2. The van der Waals surface area contributed by atoms with Crippen LogP contribution < -0.4 is 10.5 Å². The van der Waals surface area contributed by atoms with E-state index in [-0.39, 0.29) is 5.97 Å². The topological polar surface area (TPSA) is 97.0 Å². The van der Waals surface area contributed by atoms with Crippen molar-refractivity contribution in [3.63, 3.8) is 0 Å². The van der Waals surface area contributed by atoms with Gasteiger partial charge in [-0.05, 0) is 72.7 Å². The zero-order valence-corrected chi connectivity index (χ0v) is 20.3. The molecule has 0 aliphatic rings. The first-order chi connectivity index (χ1) is 16.2. The number of rotatable bonds is 8. The molecule has 0 radical (unpaired) electrons. The third kappa shape index (κ3) is 4.76. The van der Waals surface area contributed by atoms with Gasteiger partial charge in [0.25, 0.3) is 0 Å². The summed E-state index contributed by atoms with van der Waals surface area (Å²) >= 11 is 0. The molecule has 0 amide bonds. The predicted octanol–water partition coefficient (Wildman–Crippen LogP) is 4.32. The molecule has 1 aromatic heterocycles. The molecule has 180 valence electrons. The number of esters is 2. The Balaban J connectivity index is 2.18. The molecule has 8 heteroatoms. The molecule has 1 heterocycles. The first-order valence-electron chi connectivity index (χ1n) is 10.9. The molecule has 0 atom stereocenters. The van der Waals surface area contributed by atoms with Gasteiger partial charge >= 0.3 is 17.7 Å². The number of carbonyl (C=O) groups excluding carboxylic acids is 2. The summed E-state index contributed by atoms with van der Waals surface area (Å²) in [6, 6.07) is 7.38. The number of nitrogens with zero attached hydrogens (tertiary/aromatic N) is 1. The third-order valence-electron chi connectivity index (χ3n) is 5.86. The summed E-state index contributed by atoms with van der Waals surface area (Å²) < 4.78 is 22.0. The maximum atomic E-state index is 12.2. The molecule has 2 aromatic carbocycles. The average Bonchev–Trinajstić information content (AvgIpc) is 3.12. The van der Waals surface area contributed by atoms with Crippen LogP contribution in [0.1, 0.15) is 51.9 Å². The second kappa shape index (κ2) is 10.4. The van der Waals surface area contributed by atoms with Gasteiger partial charge in [0.1, 0.15) is 11.3 Å². The van der Waals surface area contributed by atoms with Gasteiger partial charge < -0.3 is 18.6 Å². The molecule has 0 saturated carbocycles. The van der Waals surface area contributed by atoms with Gasteiger partial charge in [0, 0.05) is 13.5 Å². The number of allylic oxidation sites excluding steroid dienone is 1. The Morgan fingerprint density at radius 2 is 1.76 bits per heavy atom. The maximum absolute atomic E-state index is 12.2. The lowest BCUT2D eigenvalue weighted by Gasteiger charge is -2.17. The van der Waals surface area contributed by atoms with Crippen molar-refractivity contribution >= 4 is 28.6 Å². The van der Waals surface area contributed by atoms with Gasteiger partial charge in [-0.1, -0.05) is 12.1 Å². The number of fused-ring (bicyclic) bond motifs is 1. The third-order valence-corrected chi connectivity index (χ3v) is 5.86. The number of methoxy groups -OCH3 is 3. The predicted molar refractivity (Wildman–Crippen MR) is 128 cm³/mol. The highest BCUT2D eigenvalue weighted by atomic mass is 16.5. The normalized spacial score (nSPS) is 11.5. The number of oxazole rings is 1. The Bertz CT molecular complexity index is 1330. The summed E-state index contributed by atoms with van der Waals surface area (Å²) in [7, 11) is 5.87. The summed E-state index contributed by atoms with van der Waals surface area (Å²) in [5.74, 6) is -0.751. The van der Waals surface area contributed by atoms with Crippen LogP contribution in [0.2, 0.25) is 0 Å². The number of hydrogen-bond acceptors (Lipinski definition) is 7. The Labute approximate surface area is 197 Å². The lowest BCUT2D eigenvalue weighted by Crippen LogP contribution is -2.08. The minimum atomic E-state index is -0.485. The molecule has 0 aliphatic carbocycles. The minimum absolute atomic E-state index is 0.263. The summed E-state index contributed by atoms with van der Waals surface area (Å²) in [5, 5.41) is 0. The Morgan fingerprint density at radius 3 is 2.41 bits per heavy atom. The maximum Gasteiger partial charge on any atom is 0.419 e. The van der Waals surface area contributed by atoms with Crippen LogP contribution in [0.4, 0.5) is 0 Å². The Hall–Kier alpha value is -3.81. The molecule has 0 spiro atoms. The first kappa shape index (κ1) is 24.8. The fourth-order valence-electron chi connectivity index (χ4n) is 4.04. The molecule has 34 heavy (non-hydrogen) atoms. The molecule has 0 unspecified atom stereocenters. The van der Waals surface area contributed by atoms with E-state index >= 15 is 0 Å². The van der Waals surface area contributed by atoms with Crippen LogP contribution >= 0.6 is 0 Å². The van der Waals surface area contributed by atoms with E-state index in [9.17, 15) is 14.4 Å². The van der Waals surface area contributed by atoms with Crippen LogP contribution in [-0.4, -0.2) is 37.8 Å². The highest BCUT2D eigenvalue weighted by Gasteiger charge is 2.21. The average molecular weight is 468 g/mol. The van der Waals surface area contributed by atoms with Crippen molar-refractivity contribution in [2.45, 2.75) is 33.1 Å². The molecule has 0 N–H and O–H groups in total. The lowest BCUT2D eigenvalue weighted by atomic mass is 9.90. The Kier molecular flexibility index (Phi) is 7.61. The number of ether oxygens (including phenoxy) is 3. The van der Waals surface area contributed by atoms with Crippen molar-refractivity contribution in [1.29, 1.82) is 0 Å². The van der Waals surface area contributed by atoms with E-state index in [2.05, 4.69) is 0 Å². The van der Waals surface area contributed by atoms with Gasteiger partial charge in [0.15, 0.2) is 5.58 Å².